The van der Waals surface area contributed by atoms with E-state index in [1.165, 1.54) is 17.8 Å². The highest BCUT2D eigenvalue weighted by Gasteiger charge is 2.27. The van der Waals surface area contributed by atoms with Crippen molar-refractivity contribution in [1.29, 1.82) is 0 Å². The fraction of sp³-hybridized carbons (Fsp3) is 0.273. The molecule has 0 spiro atoms. The van der Waals surface area contributed by atoms with Crippen molar-refractivity contribution in [3.8, 4) is 5.75 Å². The van der Waals surface area contributed by atoms with Crippen LogP contribution in [0.5, 0.6) is 5.75 Å². The molecule has 1 atom stereocenters. The number of sulfonamides is 1. The van der Waals surface area contributed by atoms with Gasteiger partial charge in [-0.05, 0) is 37.3 Å². The molecule has 168 valence electrons. The van der Waals surface area contributed by atoms with Gasteiger partial charge in [-0.2, -0.15) is 4.98 Å². The van der Waals surface area contributed by atoms with Crippen LogP contribution in [-0.2, 0) is 10.0 Å². The molecule has 0 bridgehead atoms. The van der Waals surface area contributed by atoms with Crippen molar-refractivity contribution >= 4 is 33.2 Å². The Kier molecular flexibility index (Phi) is 6.15. The number of para-hydroxylation sites is 1. The zero-order valence-electron chi connectivity index (χ0n) is 18.0. The van der Waals surface area contributed by atoms with Crippen molar-refractivity contribution in [2.24, 2.45) is 5.14 Å². The Morgan fingerprint density at radius 1 is 1.12 bits per heavy atom. The maximum atomic E-state index is 11.6. The highest BCUT2D eigenvalue weighted by atomic mass is 32.2. The van der Waals surface area contributed by atoms with Crippen molar-refractivity contribution in [3.05, 3.63) is 60.8 Å². The molecule has 3 aromatic rings. The fourth-order valence-electron chi connectivity index (χ4n) is 3.80. The van der Waals surface area contributed by atoms with Crippen LogP contribution < -0.4 is 25.0 Å². The van der Waals surface area contributed by atoms with Gasteiger partial charge >= 0.3 is 0 Å². The minimum absolute atomic E-state index is 0.0156. The van der Waals surface area contributed by atoms with Gasteiger partial charge in [-0.15, -0.1) is 0 Å². The van der Waals surface area contributed by atoms with Crippen LogP contribution in [0.25, 0.3) is 0 Å². The minimum atomic E-state index is -3.80. The molecule has 2 heterocycles. The van der Waals surface area contributed by atoms with E-state index < -0.39 is 10.0 Å². The monoisotopic (exact) mass is 454 g/mol. The molecule has 1 aliphatic rings. The first kappa shape index (κ1) is 21.8. The second-order valence-corrected chi connectivity index (χ2v) is 9.17. The van der Waals surface area contributed by atoms with Gasteiger partial charge in [0.05, 0.1) is 18.2 Å². The second-order valence-electron chi connectivity index (χ2n) is 7.61. The van der Waals surface area contributed by atoms with Crippen molar-refractivity contribution in [3.63, 3.8) is 0 Å². The smallest absolute Gasteiger partial charge is 0.238 e. The van der Waals surface area contributed by atoms with Crippen LogP contribution in [0.1, 0.15) is 6.92 Å². The number of nitrogens with zero attached hydrogens (tertiary/aromatic N) is 4. The van der Waals surface area contributed by atoms with Crippen LogP contribution in [0, 0.1) is 0 Å². The van der Waals surface area contributed by atoms with Crippen LogP contribution in [-0.4, -0.2) is 51.2 Å². The largest absolute Gasteiger partial charge is 0.491 e. The molecule has 0 aliphatic carbocycles. The number of rotatable bonds is 6. The van der Waals surface area contributed by atoms with Gasteiger partial charge in [-0.25, -0.2) is 18.5 Å². The number of anilines is 4. The standard InChI is InChI=1S/C22H26N6O3S/c1-16-15-27(18-8-4-3-5-9-18)11-12-28(16)21-20(31-2)14-24-22(26-21)25-17-7-6-10-19(13-17)32(23,29)30/h3-10,13-14,16H,11-12,15H2,1-2H3,(H2,23,29,30)(H,24,25,26)/t16-/m1/s1. The van der Waals surface area contributed by atoms with Crippen LogP contribution in [0.3, 0.4) is 0 Å². The van der Waals surface area contributed by atoms with Gasteiger partial charge in [0, 0.05) is 37.1 Å². The molecule has 1 fully saturated rings. The van der Waals surface area contributed by atoms with Gasteiger partial charge in [-0.3, -0.25) is 0 Å². The lowest BCUT2D eigenvalue weighted by molar-refractivity contribution is 0.406. The highest BCUT2D eigenvalue weighted by molar-refractivity contribution is 7.89. The van der Waals surface area contributed by atoms with E-state index in [4.69, 9.17) is 9.88 Å². The van der Waals surface area contributed by atoms with Gasteiger partial charge in [0.25, 0.3) is 0 Å². The van der Waals surface area contributed by atoms with E-state index >= 15 is 0 Å². The average Bonchev–Trinajstić information content (AvgIpc) is 2.79. The molecule has 1 aromatic heterocycles. The van der Waals surface area contributed by atoms with Gasteiger partial charge in [0.1, 0.15) is 0 Å². The third kappa shape index (κ3) is 4.76. The number of benzene rings is 2. The summed E-state index contributed by atoms with van der Waals surface area (Å²) in [6.45, 7) is 4.61. The van der Waals surface area contributed by atoms with E-state index in [9.17, 15) is 8.42 Å². The van der Waals surface area contributed by atoms with Crippen molar-refractivity contribution < 1.29 is 13.2 Å². The van der Waals surface area contributed by atoms with Gasteiger partial charge < -0.3 is 19.9 Å². The highest BCUT2D eigenvalue weighted by Crippen LogP contribution is 2.31. The first-order valence-corrected chi connectivity index (χ1v) is 11.8. The molecule has 0 unspecified atom stereocenters. The molecule has 4 rings (SSSR count). The normalized spacial score (nSPS) is 16.7. The number of methoxy groups -OCH3 is 1. The summed E-state index contributed by atoms with van der Waals surface area (Å²) in [4.78, 5) is 13.6. The van der Waals surface area contributed by atoms with Crippen molar-refractivity contribution in [2.75, 3.05) is 41.9 Å². The van der Waals surface area contributed by atoms with Crippen LogP contribution in [0.4, 0.5) is 23.1 Å². The number of hydrogen-bond donors (Lipinski definition) is 2. The van der Waals surface area contributed by atoms with E-state index in [1.807, 2.05) is 18.2 Å². The zero-order chi connectivity index (χ0) is 22.7. The number of aromatic nitrogens is 2. The van der Waals surface area contributed by atoms with E-state index in [0.29, 0.717) is 23.2 Å². The summed E-state index contributed by atoms with van der Waals surface area (Å²) in [5.41, 5.74) is 1.72. The summed E-state index contributed by atoms with van der Waals surface area (Å²) in [5.74, 6) is 1.60. The van der Waals surface area contributed by atoms with Crippen molar-refractivity contribution in [2.45, 2.75) is 17.9 Å². The van der Waals surface area contributed by atoms with Crippen LogP contribution >= 0.6 is 0 Å². The molecule has 32 heavy (non-hydrogen) atoms. The van der Waals surface area contributed by atoms with Crippen LogP contribution in [0.2, 0.25) is 0 Å². The Labute approximate surface area is 187 Å². The summed E-state index contributed by atoms with van der Waals surface area (Å²) in [6.07, 6.45) is 1.62. The van der Waals surface area contributed by atoms with Gasteiger partial charge in [-0.1, -0.05) is 24.3 Å². The Balaban J connectivity index is 1.56. The summed E-state index contributed by atoms with van der Waals surface area (Å²) >= 11 is 0. The van der Waals surface area contributed by atoms with E-state index in [1.54, 1.807) is 25.4 Å². The van der Waals surface area contributed by atoms with E-state index in [-0.39, 0.29) is 10.9 Å². The summed E-state index contributed by atoms with van der Waals surface area (Å²) in [6, 6.07) is 16.7. The summed E-state index contributed by atoms with van der Waals surface area (Å²) in [7, 11) is -2.21. The van der Waals surface area contributed by atoms with Crippen molar-refractivity contribution in [1.82, 2.24) is 9.97 Å². The third-order valence-electron chi connectivity index (χ3n) is 5.40. The lowest BCUT2D eigenvalue weighted by Crippen LogP contribution is -2.52. The summed E-state index contributed by atoms with van der Waals surface area (Å²) < 4.78 is 28.8. The molecule has 0 radical (unpaired) electrons. The maximum Gasteiger partial charge on any atom is 0.238 e. The molecule has 1 saturated heterocycles. The Hall–Kier alpha value is -3.37. The molecule has 0 saturated carbocycles. The van der Waals surface area contributed by atoms with E-state index in [2.05, 4.69) is 44.1 Å². The first-order chi connectivity index (χ1) is 15.3. The fourth-order valence-corrected chi connectivity index (χ4v) is 4.36. The predicted molar refractivity (Wildman–Crippen MR) is 125 cm³/mol. The van der Waals surface area contributed by atoms with E-state index in [0.717, 1.165) is 19.6 Å². The first-order valence-electron chi connectivity index (χ1n) is 10.2. The van der Waals surface area contributed by atoms with Gasteiger partial charge in [0.15, 0.2) is 11.6 Å². The second kappa shape index (κ2) is 9.01. The molecular weight excluding hydrogens is 428 g/mol. The predicted octanol–water partition coefficient (Wildman–Crippen LogP) is 2.59. The Morgan fingerprint density at radius 3 is 2.59 bits per heavy atom. The topological polar surface area (TPSA) is 114 Å². The molecule has 3 N–H and O–H groups in total. The molecule has 0 amide bonds. The summed E-state index contributed by atoms with van der Waals surface area (Å²) in [5, 5.41) is 8.29. The number of nitrogens with two attached hydrogens (primary N) is 1. The quantitative estimate of drug-likeness (QED) is 0.584. The lowest BCUT2D eigenvalue weighted by atomic mass is 10.1. The minimum Gasteiger partial charge on any atom is -0.491 e. The number of nitrogens with one attached hydrogen (secondary N) is 1. The van der Waals surface area contributed by atoms with Crippen LogP contribution in [0.15, 0.2) is 65.7 Å². The Morgan fingerprint density at radius 2 is 1.91 bits per heavy atom. The molecule has 9 nitrogen and oxygen atoms in total. The molecule has 2 aromatic carbocycles. The number of primary sulfonamides is 1. The Bertz CT molecular complexity index is 1190. The zero-order valence-corrected chi connectivity index (χ0v) is 18.8. The number of hydrogen-bond acceptors (Lipinski definition) is 8. The maximum absolute atomic E-state index is 11.6. The average molecular weight is 455 g/mol. The number of piperazine rings is 1. The molecular formula is C22H26N6O3S. The molecule has 10 heteroatoms. The molecule has 1 aliphatic heterocycles. The SMILES string of the molecule is COc1cnc(Nc2cccc(S(N)(=O)=O)c2)nc1N1CCN(c2ccccc2)C[C@H]1C. The lowest BCUT2D eigenvalue weighted by Gasteiger charge is -2.42. The number of ether oxygens (including phenoxy) is 1. The third-order valence-corrected chi connectivity index (χ3v) is 6.31. The van der Waals surface area contributed by atoms with Gasteiger partial charge in [0.2, 0.25) is 16.0 Å².